The van der Waals surface area contributed by atoms with Crippen LogP contribution in [0.15, 0.2) is 48.6 Å². The monoisotopic (exact) mass is 244 g/mol. The first-order valence-electron chi connectivity index (χ1n) is 5.29. The molecule has 3 heteroatoms. The van der Waals surface area contributed by atoms with Crippen molar-refractivity contribution in [2.24, 2.45) is 5.92 Å². The number of thiocarbonyl (C=S) groups is 1. The van der Waals surface area contributed by atoms with E-state index in [1.165, 1.54) is 7.11 Å². The molecule has 2 rings (SSSR count). The van der Waals surface area contributed by atoms with Crippen molar-refractivity contribution >= 4 is 28.6 Å². The molecule has 0 radical (unpaired) electrons. The van der Waals surface area contributed by atoms with Crippen LogP contribution in [-0.2, 0) is 9.53 Å². The average molecular weight is 244 g/mol. The fraction of sp³-hybridized carbons (Fsp3) is 0.143. The van der Waals surface area contributed by atoms with Gasteiger partial charge in [-0.05, 0) is 17.2 Å². The van der Waals surface area contributed by atoms with Crippen molar-refractivity contribution in [1.29, 1.82) is 0 Å². The molecule has 1 atom stereocenters. The van der Waals surface area contributed by atoms with Gasteiger partial charge in [0.2, 0.25) is 0 Å². The Kier molecular flexibility index (Phi) is 3.49. The van der Waals surface area contributed by atoms with Crippen LogP contribution in [0, 0.1) is 5.92 Å². The van der Waals surface area contributed by atoms with Gasteiger partial charge in [0.1, 0.15) is 5.92 Å². The van der Waals surface area contributed by atoms with E-state index in [2.05, 4.69) is 0 Å². The molecule has 0 N–H and O–H groups in total. The van der Waals surface area contributed by atoms with Gasteiger partial charge in [0, 0.05) is 4.86 Å². The van der Waals surface area contributed by atoms with E-state index in [4.69, 9.17) is 17.0 Å². The summed E-state index contributed by atoms with van der Waals surface area (Å²) in [5.41, 5.74) is 2.12. The predicted octanol–water partition coefficient (Wildman–Crippen LogP) is 2.80. The zero-order valence-corrected chi connectivity index (χ0v) is 10.2. The first-order chi connectivity index (χ1) is 8.22. The molecule has 0 heterocycles. The van der Waals surface area contributed by atoms with Gasteiger partial charge >= 0.3 is 5.97 Å². The molecule has 86 valence electrons. The van der Waals surface area contributed by atoms with Gasteiger partial charge in [-0.15, -0.1) is 0 Å². The molecule has 0 aliphatic heterocycles. The molecule has 0 saturated heterocycles. The van der Waals surface area contributed by atoms with Crippen LogP contribution in [0.2, 0.25) is 0 Å². The van der Waals surface area contributed by atoms with Crippen molar-refractivity contribution < 1.29 is 9.53 Å². The molecule has 0 spiro atoms. The Hall–Kier alpha value is -1.74. The van der Waals surface area contributed by atoms with Gasteiger partial charge in [-0.1, -0.05) is 54.7 Å². The van der Waals surface area contributed by atoms with Crippen molar-refractivity contribution in [3.63, 3.8) is 0 Å². The summed E-state index contributed by atoms with van der Waals surface area (Å²) in [4.78, 5) is 12.0. The number of methoxy groups -OCH3 is 1. The van der Waals surface area contributed by atoms with Crippen molar-refractivity contribution in [2.75, 3.05) is 7.11 Å². The number of hydrogen-bond acceptors (Lipinski definition) is 3. The molecule has 0 aromatic heterocycles. The Morgan fingerprint density at radius 2 is 2.00 bits per heavy atom. The van der Waals surface area contributed by atoms with Crippen molar-refractivity contribution in [3.8, 4) is 0 Å². The quantitative estimate of drug-likeness (QED) is 0.591. The molecular weight excluding hydrogens is 232 g/mol. The SMILES string of the molecule is COC(=O)C1C=CC(c2ccccc2)=CC1=S. The van der Waals surface area contributed by atoms with Gasteiger partial charge in [-0.2, -0.15) is 0 Å². The maximum Gasteiger partial charge on any atom is 0.317 e. The lowest BCUT2D eigenvalue weighted by Gasteiger charge is -2.15. The lowest BCUT2D eigenvalue weighted by molar-refractivity contribution is -0.141. The fourth-order valence-electron chi connectivity index (χ4n) is 1.72. The van der Waals surface area contributed by atoms with E-state index in [1.807, 2.05) is 42.5 Å². The van der Waals surface area contributed by atoms with Gasteiger partial charge in [0.15, 0.2) is 0 Å². The van der Waals surface area contributed by atoms with Gasteiger partial charge in [0.25, 0.3) is 0 Å². The van der Waals surface area contributed by atoms with Crippen molar-refractivity contribution in [3.05, 3.63) is 54.1 Å². The van der Waals surface area contributed by atoms with Gasteiger partial charge in [0.05, 0.1) is 7.11 Å². The van der Waals surface area contributed by atoms with Gasteiger partial charge < -0.3 is 4.74 Å². The molecule has 1 unspecified atom stereocenters. The highest BCUT2D eigenvalue weighted by atomic mass is 32.1. The zero-order valence-electron chi connectivity index (χ0n) is 9.42. The Labute approximate surface area is 106 Å². The van der Waals surface area contributed by atoms with Crippen LogP contribution in [-0.4, -0.2) is 17.9 Å². The largest absolute Gasteiger partial charge is 0.468 e. The first-order valence-corrected chi connectivity index (χ1v) is 5.70. The second-order valence-corrected chi connectivity index (χ2v) is 4.20. The number of esters is 1. The third kappa shape index (κ3) is 2.50. The number of hydrogen-bond donors (Lipinski definition) is 0. The summed E-state index contributed by atoms with van der Waals surface area (Å²) in [6.07, 6.45) is 5.55. The minimum absolute atomic E-state index is 0.311. The Balaban J connectivity index is 2.24. The van der Waals surface area contributed by atoms with Gasteiger partial charge in [-0.25, -0.2) is 0 Å². The van der Waals surface area contributed by atoms with E-state index in [9.17, 15) is 4.79 Å². The first kappa shape index (κ1) is 11.7. The summed E-state index contributed by atoms with van der Waals surface area (Å²) in [6, 6.07) is 9.93. The minimum atomic E-state index is -0.428. The van der Waals surface area contributed by atoms with E-state index in [0.29, 0.717) is 4.86 Å². The molecule has 0 amide bonds. The van der Waals surface area contributed by atoms with Crippen LogP contribution < -0.4 is 0 Å². The minimum Gasteiger partial charge on any atom is -0.468 e. The standard InChI is InChI=1S/C14H12O2S/c1-16-14(15)12-8-7-11(9-13(12)17)10-5-3-2-4-6-10/h2-9,12H,1H3. The molecule has 0 bridgehead atoms. The molecule has 0 fully saturated rings. The van der Waals surface area contributed by atoms with Crippen LogP contribution in [0.4, 0.5) is 0 Å². The summed E-state index contributed by atoms with van der Waals surface area (Å²) >= 11 is 5.22. The number of benzene rings is 1. The van der Waals surface area contributed by atoms with E-state index >= 15 is 0 Å². The number of rotatable bonds is 2. The highest BCUT2D eigenvalue weighted by Crippen LogP contribution is 2.23. The average Bonchev–Trinajstić information content (AvgIpc) is 2.39. The summed E-state index contributed by atoms with van der Waals surface area (Å²) < 4.78 is 4.69. The second kappa shape index (κ2) is 5.06. The second-order valence-electron chi connectivity index (χ2n) is 3.73. The molecule has 1 aromatic rings. The number of ether oxygens (including phenoxy) is 1. The van der Waals surface area contributed by atoms with Crippen LogP contribution in [0.1, 0.15) is 5.56 Å². The van der Waals surface area contributed by atoms with Crippen LogP contribution in [0.3, 0.4) is 0 Å². The summed E-state index contributed by atoms with van der Waals surface area (Å²) in [6.45, 7) is 0. The van der Waals surface area contributed by atoms with Crippen LogP contribution in [0.25, 0.3) is 5.57 Å². The fourth-order valence-corrected chi connectivity index (χ4v) is 2.02. The number of allylic oxidation sites excluding steroid dienone is 3. The molecule has 0 saturated carbocycles. The zero-order chi connectivity index (χ0) is 12.3. The predicted molar refractivity (Wildman–Crippen MR) is 71.7 cm³/mol. The molecule has 17 heavy (non-hydrogen) atoms. The third-order valence-electron chi connectivity index (χ3n) is 2.63. The van der Waals surface area contributed by atoms with Crippen molar-refractivity contribution in [2.45, 2.75) is 0 Å². The summed E-state index contributed by atoms with van der Waals surface area (Å²) in [7, 11) is 1.37. The molecule has 1 aliphatic carbocycles. The maximum atomic E-state index is 11.4. The molecule has 1 aromatic carbocycles. The Bertz CT molecular complexity index is 500. The van der Waals surface area contributed by atoms with E-state index in [0.717, 1.165) is 11.1 Å². The summed E-state index contributed by atoms with van der Waals surface area (Å²) in [5.74, 6) is -0.739. The van der Waals surface area contributed by atoms with Crippen LogP contribution in [0.5, 0.6) is 0 Å². The lowest BCUT2D eigenvalue weighted by atomic mass is 9.93. The highest BCUT2D eigenvalue weighted by Gasteiger charge is 2.22. The lowest BCUT2D eigenvalue weighted by Crippen LogP contribution is -2.22. The number of carbonyl (C=O) groups is 1. The Morgan fingerprint density at radius 3 is 2.59 bits per heavy atom. The van der Waals surface area contributed by atoms with E-state index < -0.39 is 5.92 Å². The van der Waals surface area contributed by atoms with Crippen molar-refractivity contribution in [1.82, 2.24) is 0 Å². The van der Waals surface area contributed by atoms with E-state index in [1.54, 1.807) is 6.08 Å². The Morgan fingerprint density at radius 1 is 1.29 bits per heavy atom. The maximum absolute atomic E-state index is 11.4. The van der Waals surface area contributed by atoms with Crippen LogP contribution >= 0.6 is 12.2 Å². The molecule has 1 aliphatic rings. The number of carbonyl (C=O) groups excluding carboxylic acids is 1. The third-order valence-corrected chi connectivity index (χ3v) is 3.01. The van der Waals surface area contributed by atoms with E-state index in [-0.39, 0.29) is 5.97 Å². The highest BCUT2D eigenvalue weighted by molar-refractivity contribution is 7.80. The topological polar surface area (TPSA) is 26.3 Å². The van der Waals surface area contributed by atoms with Gasteiger partial charge in [-0.3, -0.25) is 4.79 Å². The molecular formula is C14H12O2S. The summed E-state index contributed by atoms with van der Waals surface area (Å²) in [5, 5.41) is 0. The smallest absolute Gasteiger partial charge is 0.317 e. The normalized spacial score (nSPS) is 18.8. The molecule has 2 nitrogen and oxygen atoms in total.